The second-order valence-electron chi connectivity index (χ2n) is 4.00. The normalized spacial score (nSPS) is 27.6. The van der Waals surface area contributed by atoms with Crippen molar-refractivity contribution in [3.05, 3.63) is 29.6 Å². The molecule has 1 saturated heterocycles. The Bertz CT molecular complexity index is 319. The number of aromatic nitrogens is 1. The summed E-state index contributed by atoms with van der Waals surface area (Å²) in [6.07, 6.45) is 5.39. The Labute approximate surface area is 84.2 Å². The van der Waals surface area contributed by atoms with Gasteiger partial charge in [0.15, 0.2) is 0 Å². The van der Waals surface area contributed by atoms with Crippen molar-refractivity contribution in [3.8, 4) is 0 Å². The summed E-state index contributed by atoms with van der Waals surface area (Å²) in [5.74, 6) is 0. The second kappa shape index (κ2) is 3.67. The standard InChI is InChI=1S/C11H16N2O/c1-9-3-6-12-7-10(9)11(14)4-2-5-13-8-11/h3,6-7,13-14H,2,4-5,8H2,1H3. The highest BCUT2D eigenvalue weighted by Gasteiger charge is 2.32. The number of pyridine rings is 1. The van der Waals surface area contributed by atoms with E-state index in [2.05, 4.69) is 10.3 Å². The molecule has 1 unspecified atom stereocenters. The van der Waals surface area contributed by atoms with E-state index in [1.807, 2.05) is 13.0 Å². The van der Waals surface area contributed by atoms with Crippen LogP contribution >= 0.6 is 0 Å². The van der Waals surface area contributed by atoms with Gasteiger partial charge in [0, 0.05) is 24.5 Å². The van der Waals surface area contributed by atoms with Gasteiger partial charge in [-0.25, -0.2) is 0 Å². The summed E-state index contributed by atoms with van der Waals surface area (Å²) in [6, 6.07) is 1.95. The quantitative estimate of drug-likeness (QED) is 0.696. The van der Waals surface area contributed by atoms with Gasteiger partial charge in [0.1, 0.15) is 5.60 Å². The number of hydrogen-bond acceptors (Lipinski definition) is 3. The molecule has 1 fully saturated rings. The van der Waals surface area contributed by atoms with Crippen LogP contribution in [0.1, 0.15) is 24.0 Å². The second-order valence-corrected chi connectivity index (χ2v) is 4.00. The van der Waals surface area contributed by atoms with Gasteiger partial charge in [-0.05, 0) is 37.9 Å². The molecule has 2 rings (SSSR count). The minimum atomic E-state index is -0.712. The van der Waals surface area contributed by atoms with Gasteiger partial charge in [-0.3, -0.25) is 4.98 Å². The summed E-state index contributed by atoms with van der Waals surface area (Å²) in [5.41, 5.74) is 1.37. The molecule has 1 aliphatic rings. The SMILES string of the molecule is Cc1ccncc1C1(O)CCCNC1. The molecule has 0 radical (unpaired) electrons. The van der Waals surface area contributed by atoms with Crippen LogP contribution in [0.3, 0.4) is 0 Å². The lowest BCUT2D eigenvalue weighted by Gasteiger charge is -2.33. The van der Waals surface area contributed by atoms with Crippen LogP contribution in [0.2, 0.25) is 0 Å². The Hall–Kier alpha value is -0.930. The zero-order chi connectivity index (χ0) is 10.0. The third-order valence-electron chi connectivity index (χ3n) is 2.90. The number of aryl methyl sites for hydroxylation is 1. The molecule has 0 bridgehead atoms. The van der Waals surface area contributed by atoms with Gasteiger partial charge in [0.25, 0.3) is 0 Å². The van der Waals surface area contributed by atoms with E-state index in [4.69, 9.17) is 0 Å². The Morgan fingerprint density at radius 1 is 1.57 bits per heavy atom. The van der Waals surface area contributed by atoms with Crippen LogP contribution in [0.15, 0.2) is 18.5 Å². The Kier molecular flexibility index (Phi) is 2.52. The molecule has 1 aromatic heterocycles. The maximum Gasteiger partial charge on any atom is 0.104 e. The zero-order valence-electron chi connectivity index (χ0n) is 8.45. The molecule has 3 heteroatoms. The molecule has 3 nitrogen and oxygen atoms in total. The van der Waals surface area contributed by atoms with E-state index in [0.717, 1.165) is 30.5 Å². The summed E-state index contributed by atoms with van der Waals surface area (Å²) in [4.78, 5) is 4.08. The van der Waals surface area contributed by atoms with Crippen molar-refractivity contribution >= 4 is 0 Å². The molecule has 2 heterocycles. The zero-order valence-corrected chi connectivity index (χ0v) is 8.45. The fourth-order valence-corrected chi connectivity index (χ4v) is 2.07. The number of β-amino-alcohol motifs (C(OH)–C–C–N with tert-alkyl or cyclic N) is 1. The van der Waals surface area contributed by atoms with Crippen LogP contribution in [-0.4, -0.2) is 23.2 Å². The molecule has 14 heavy (non-hydrogen) atoms. The number of nitrogens with zero attached hydrogens (tertiary/aromatic N) is 1. The van der Waals surface area contributed by atoms with Crippen LogP contribution in [0, 0.1) is 6.92 Å². The molecule has 2 N–H and O–H groups in total. The monoisotopic (exact) mass is 192 g/mol. The minimum Gasteiger partial charge on any atom is -0.384 e. The van der Waals surface area contributed by atoms with E-state index in [1.165, 1.54) is 0 Å². The summed E-state index contributed by atoms with van der Waals surface area (Å²) in [7, 11) is 0. The van der Waals surface area contributed by atoms with Gasteiger partial charge in [0.2, 0.25) is 0 Å². The molecular weight excluding hydrogens is 176 g/mol. The third kappa shape index (κ3) is 1.65. The molecule has 0 aromatic carbocycles. The number of hydrogen-bond donors (Lipinski definition) is 2. The van der Waals surface area contributed by atoms with E-state index < -0.39 is 5.60 Å². The van der Waals surface area contributed by atoms with Gasteiger partial charge in [-0.2, -0.15) is 0 Å². The molecule has 0 spiro atoms. The van der Waals surface area contributed by atoms with Crippen molar-refractivity contribution in [2.75, 3.05) is 13.1 Å². The van der Waals surface area contributed by atoms with Crippen LogP contribution < -0.4 is 5.32 Å². The average molecular weight is 192 g/mol. The average Bonchev–Trinajstić information content (AvgIpc) is 2.19. The van der Waals surface area contributed by atoms with Gasteiger partial charge < -0.3 is 10.4 Å². The van der Waals surface area contributed by atoms with Crippen LogP contribution in [0.25, 0.3) is 0 Å². The number of piperidine rings is 1. The Balaban J connectivity index is 2.32. The minimum absolute atomic E-state index is 0.638. The van der Waals surface area contributed by atoms with Crippen molar-refractivity contribution in [1.29, 1.82) is 0 Å². The van der Waals surface area contributed by atoms with Crippen molar-refractivity contribution in [1.82, 2.24) is 10.3 Å². The van der Waals surface area contributed by atoms with Gasteiger partial charge in [0.05, 0.1) is 0 Å². The summed E-state index contributed by atoms with van der Waals surface area (Å²) < 4.78 is 0. The summed E-state index contributed by atoms with van der Waals surface area (Å²) >= 11 is 0. The highest BCUT2D eigenvalue weighted by atomic mass is 16.3. The Morgan fingerprint density at radius 2 is 2.43 bits per heavy atom. The molecule has 76 valence electrons. The first-order valence-electron chi connectivity index (χ1n) is 5.06. The lowest BCUT2D eigenvalue weighted by Crippen LogP contribution is -2.43. The summed E-state index contributed by atoms with van der Waals surface area (Å²) in [5, 5.41) is 13.6. The first-order chi connectivity index (χ1) is 6.72. The molecule has 0 amide bonds. The van der Waals surface area contributed by atoms with Gasteiger partial charge in [-0.1, -0.05) is 0 Å². The van der Waals surface area contributed by atoms with Gasteiger partial charge in [-0.15, -0.1) is 0 Å². The third-order valence-corrected chi connectivity index (χ3v) is 2.90. The number of nitrogens with one attached hydrogen (secondary N) is 1. The first kappa shape index (κ1) is 9.62. The highest BCUT2D eigenvalue weighted by Crippen LogP contribution is 2.29. The fourth-order valence-electron chi connectivity index (χ4n) is 2.07. The highest BCUT2D eigenvalue weighted by molar-refractivity contribution is 5.28. The smallest absolute Gasteiger partial charge is 0.104 e. The lowest BCUT2D eigenvalue weighted by molar-refractivity contribution is 0.0114. The van der Waals surface area contributed by atoms with Gasteiger partial charge >= 0.3 is 0 Å². The predicted molar refractivity (Wildman–Crippen MR) is 55.0 cm³/mol. The molecule has 1 aliphatic heterocycles. The van der Waals surface area contributed by atoms with E-state index in [0.29, 0.717) is 6.54 Å². The van der Waals surface area contributed by atoms with E-state index in [1.54, 1.807) is 12.4 Å². The molecule has 1 atom stereocenters. The molecule has 0 saturated carbocycles. The van der Waals surface area contributed by atoms with E-state index in [9.17, 15) is 5.11 Å². The number of aliphatic hydroxyl groups is 1. The van der Waals surface area contributed by atoms with Crippen molar-refractivity contribution < 1.29 is 5.11 Å². The van der Waals surface area contributed by atoms with Crippen LogP contribution in [-0.2, 0) is 5.60 Å². The largest absolute Gasteiger partial charge is 0.384 e. The lowest BCUT2D eigenvalue weighted by atomic mass is 9.85. The maximum absolute atomic E-state index is 10.4. The van der Waals surface area contributed by atoms with Crippen molar-refractivity contribution in [3.63, 3.8) is 0 Å². The molecular formula is C11H16N2O. The van der Waals surface area contributed by atoms with Crippen molar-refractivity contribution in [2.45, 2.75) is 25.4 Å². The van der Waals surface area contributed by atoms with E-state index in [-0.39, 0.29) is 0 Å². The molecule has 0 aliphatic carbocycles. The first-order valence-corrected chi connectivity index (χ1v) is 5.06. The Morgan fingerprint density at radius 3 is 3.07 bits per heavy atom. The summed E-state index contributed by atoms with van der Waals surface area (Å²) in [6.45, 7) is 3.66. The van der Waals surface area contributed by atoms with Crippen LogP contribution in [0.5, 0.6) is 0 Å². The fraction of sp³-hybridized carbons (Fsp3) is 0.545. The molecule has 1 aromatic rings. The topological polar surface area (TPSA) is 45.2 Å². The predicted octanol–water partition coefficient (Wildman–Crippen LogP) is 0.961. The van der Waals surface area contributed by atoms with Crippen molar-refractivity contribution in [2.24, 2.45) is 0 Å². The maximum atomic E-state index is 10.4. The van der Waals surface area contributed by atoms with E-state index >= 15 is 0 Å². The van der Waals surface area contributed by atoms with Crippen LogP contribution in [0.4, 0.5) is 0 Å². The number of rotatable bonds is 1.